The topological polar surface area (TPSA) is 0 Å². The van der Waals surface area contributed by atoms with E-state index in [-0.39, 0.29) is 0 Å². The fourth-order valence-electron chi connectivity index (χ4n) is 2.03. The van der Waals surface area contributed by atoms with Gasteiger partial charge >= 0.3 is 0 Å². The average molecular weight is 230 g/mol. The summed E-state index contributed by atoms with van der Waals surface area (Å²) in [6.07, 6.45) is 4.50. The van der Waals surface area contributed by atoms with Crippen molar-refractivity contribution in [3.8, 4) is 0 Å². The van der Waals surface area contributed by atoms with Crippen LogP contribution >= 0.6 is 0 Å². The predicted molar refractivity (Wildman–Crippen MR) is 78.5 cm³/mol. The van der Waals surface area contributed by atoms with Gasteiger partial charge in [-0.3, -0.25) is 0 Å². The molecule has 0 aromatic heterocycles. The molecule has 0 saturated heterocycles. The molecule has 0 fully saturated rings. The second kappa shape index (κ2) is 6.05. The first-order valence-electron chi connectivity index (χ1n) is 6.73. The van der Waals surface area contributed by atoms with Gasteiger partial charge in [0.25, 0.3) is 0 Å². The molecule has 1 rings (SSSR count). The lowest BCUT2D eigenvalue weighted by atomic mass is 9.89. The lowest BCUT2D eigenvalue weighted by Crippen LogP contribution is -1.99. The molecule has 0 heteroatoms. The van der Waals surface area contributed by atoms with Gasteiger partial charge < -0.3 is 0 Å². The minimum Gasteiger partial charge on any atom is -0.0814 e. The van der Waals surface area contributed by atoms with Crippen molar-refractivity contribution < 1.29 is 0 Å². The summed E-state index contributed by atoms with van der Waals surface area (Å²) >= 11 is 0. The molecule has 0 aliphatic heterocycles. The quantitative estimate of drug-likeness (QED) is 0.631. The fraction of sp³-hybridized carbons (Fsp3) is 0.529. The highest BCUT2D eigenvalue weighted by Crippen LogP contribution is 2.27. The largest absolute Gasteiger partial charge is 0.0814 e. The zero-order chi connectivity index (χ0) is 13.0. The highest BCUT2D eigenvalue weighted by atomic mass is 14.1. The van der Waals surface area contributed by atoms with E-state index in [0.717, 1.165) is 0 Å². The summed E-state index contributed by atoms with van der Waals surface area (Å²) in [4.78, 5) is 0. The first-order chi connectivity index (χ1) is 7.91. The lowest BCUT2D eigenvalue weighted by Gasteiger charge is -2.16. The maximum atomic E-state index is 2.35. The van der Waals surface area contributed by atoms with Crippen LogP contribution in [-0.4, -0.2) is 0 Å². The Hall–Kier alpha value is -1.04. The summed E-state index contributed by atoms with van der Waals surface area (Å²) in [5, 5.41) is 0. The Morgan fingerprint density at radius 3 is 1.88 bits per heavy atom. The van der Waals surface area contributed by atoms with Crippen LogP contribution in [-0.2, 0) is 0 Å². The highest BCUT2D eigenvalue weighted by molar-refractivity contribution is 5.53. The third-order valence-corrected chi connectivity index (χ3v) is 3.03. The second-order valence-corrected chi connectivity index (χ2v) is 5.80. The Morgan fingerprint density at radius 2 is 1.41 bits per heavy atom. The standard InChI is InChI=1S/C17H26/c1-12(2)7-8-15-9-10-16(13(3)4)17(11-15)14(5)6/h7-14H,1-6H3/b8-7+. The molecule has 17 heavy (non-hydrogen) atoms. The number of hydrogen-bond donors (Lipinski definition) is 0. The van der Waals surface area contributed by atoms with Crippen LogP contribution in [0.5, 0.6) is 0 Å². The van der Waals surface area contributed by atoms with Gasteiger partial charge in [-0.15, -0.1) is 0 Å². The lowest BCUT2D eigenvalue weighted by molar-refractivity contribution is 0.789. The normalized spacial score (nSPS) is 12.3. The molecule has 0 saturated carbocycles. The highest BCUT2D eigenvalue weighted by Gasteiger charge is 2.09. The van der Waals surface area contributed by atoms with Crippen molar-refractivity contribution in [2.75, 3.05) is 0 Å². The van der Waals surface area contributed by atoms with E-state index in [1.54, 1.807) is 0 Å². The third kappa shape index (κ3) is 4.03. The van der Waals surface area contributed by atoms with Gasteiger partial charge in [-0.2, -0.15) is 0 Å². The summed E-state index contributed by atoms with van der Waals surface area (Å²) in [6, 6.07) is 6.87. The average Bonchev–Trinajstić information content (AvgIpc) is 2.25. The molecule has 0 spiro atoms. The minimum absolute atomic E-state index is 0.597. The zero-order valence-electron chi connectivity index (χ0n) is 12.1. The van der Waals surface area contributed by atoms with Crippen molar-refractivity contribution in [1.29, 1.82) is 0 Å². The van der Waals surface area contributed by atoms with Crippen LogP contribution < -0.4 is 0 Å². The van der Waals surface area contributed by atoms with E-state index in [2.05, 4.69) is 71.9 Å². The summed E-state index contributed by atoms with van der Waals surface area (Å²) < 4.78 is 0. The van der Waals surface area contributed by atoms with Crippen molar-refractivity contribution in [1.82, 2.24) is 0 Å². The molecule has 0 aliphatic carbocycles. The molecule has 1 aromatic carbocycles. The van der Waals surface area contributed by atoms with E-state index in [9.17, 15) is 0 Å². The Labute approximate surface area is 107 Å². The van der Waals surface area contributed by atoms with Gasteiger partial charge in [0.2, 0.25) is 0 Å². The maximum absolute atomic E-state index is 2.35. The Kier molecular flexibility index (Phi) is 4.99. The SMILES string of the molecule is CC(C)/C=C/c1ccc(C(C)C)c(C(C)C)c1. The van der Waals surface area contributed by atoms with Gasteiger partial charge in [0.15, 0.2) is 0 Å². The van der Waals surface area contributed by atoms with Crippen LogP contribution in [0.4, 0.5) is 0 Å². The van der Waals surface area contributed by atoms with E-state index in [1.165, 1.54) is 16.7 Å². The smallest absolute Gasteiger partial charge is 0.0216 e. The number of rotatable bonds is 4. The van der Waals surface area contributed by atoms with Crippen LogP contribution in [0.2, 0.25) is 0 Å². The van der Waals surface area contributed by atoms with Gasteiger partial charge in [-0.05, 0) is 34.4 Å². The van der Waals surface area contributed by atoms with Crippen molar-refractivity contribution >= 4 is 6.08 Å². The number of allylic oxidation sites excluding steroid dienone is 1. The van der Waals surface area contributed by atoms with Crippen LogP contribution in [0, 0.1) is 5.92 Å². The molecule has 0 N–H and O–H groups in total. The van der Waals surface area contributed by atoms with Crippen molar-refractivity contribution in [2.45, 2.75) is 53.4 Å². The summed E-state index contributed by atoms with van der Waals surface area (Å²) in [7, 11) is 0. The Bertz CT molecular complexity index is 381. The molecule has 0 aliphatic rings. The van der Waals surface area contributed by atoms with Crippen molar-refractivity contribution in [2.24, 2.45) is 5.92 Å². The third-order valence-electron chi connectivity index (χ3n) is 3.03. The van der Waals surface area contributed by atoms with Gasteiger partial charge in [0.1, 0.15) is 0 Å². The summed E-state index contributed by atoms with van der Waals surface area (Å²) in [6.45, 7) is 13.5. The minimum atomic E-state index is 0.597. The summed E-state index contributed by atoms with van der Waals surface area (Å²) in [5.41, 5.74) is 4.31. The van der Waals surface area contributed by atoms with E-state index in [4.69, 9.17) is 0 Å². The van der Waals surface area contributed by atoms with E-state index in [1.807, 2.05) is 0 Å². The molecule has 0 atom stereocenters. The molecule has 0 unspecified atom stereocenters. The van der Waals surface area contributed by atoms with Crippen molar-refractivity contribution in [3.05, 3.63) is 41.0 Å². The van der Waals surface area contributed by atoms with Gasteiger partial charge in [-0.25, -0.2) is 0 Å². The molecule has 0 amide bonds. The van der Waals surface area contributed by atoms with Crippen LogP contribution in [0.1, 0.15) is 70.1 Å². The molecule has 0 nitrogen and oxygen atoms in total. The molecular weight excluding hydrogens is 204 g/mol. The van der Waals surface area contributed by atoms with Crippen LogP contribution in [0.3, 0.4) is 0 Å². The Balaban J connectivity index is 3.10. The number of benzene rings is 1. The predicted octanol–water partition coefficient (Wildman–Crippen LogP) is 5.60. The molecule has 94 valence electrons. The summed E-state index contributed by atoms with van der Waals surface area (Å²) in [5.74, 6) is 1.82. The fourth-order valence-corrected chi connectivity index (χ4v) is 2.03. The van der Waals surface area contributed by atoms with Gasteiger partial charge in [0, 0.05) is 0 Å². The van der Waals surface area contributed by atoms with Crippen LogP contribution in [0.25, 0.3) is 6.08 Å². The molecular formula is C17H26. The maximum Gasteiger partial charge on any atom is -0.0216 e. The Morgan fingerprint density at radius 1 is 0.824 bits per heavy atom. The second-order valence-electron chi connectivity index (χ2n) is 5.80. The monoisotopic (exact) mass is 230 g/mol. The first kappa shape index (κ1) is 14.0. The van der Waals surface area contributed by atoms with E-state index >= 15 is 0 Å². The van der Waals surface area contributed by atoms with Crippen LogP contribution in [0.15, 0.2) is 24.3 Å². The first-order valence-corrected chi connectivity index (χ1v) is 6.73. The molecule has 0 radical (unpaired) electrons. The van der Waals surface area contributed by atoms with Gasteiger partial charge in [0.05, 0.1) is 0 Å². The molecule has 0 heterocycles. The van der Waals surface area contributed by atoms with Gasteiger partial charge in [-0.1, -0.05) is 71.9 Å². The van der Waals surface area contributed by atoms with E-state index in [0.29, 0.717) is 17.8 Å². The van der Waals surface area contributed by atoms with E-state index < -0.39 is 0 Å². The molecule has 1 aromatic rings. The molecule has 0 bridgehead atoms. The zero-order valence-corrected chi connectivity index (χ0v) is 12.1. The van der Waals surface area contributed by atoms with Crippen molar-refractivity contribution in [3.63, 3.8) is 0 Å². The number of hydrogen-bond acceptors (Lipinski definition) is 0.